The number of anilines is 1. The second-order valence-corrected chi connectivity index (χ2v) is 8.90. The van der Waals surface area contributed by atoms with Crippen LogP contribution in [0.2, 0.25) is 10.0 Å². The molecule has 32 heavy (non-hydrogen) atoms. The molecule has 0 aromatic heterocycles. The first-order chi connectivity index (χ1) is 15.1. The minimum atomic E-state index is -0.136. The number of halogens is 2. The summed E-state index contributed by atoms with van der Waals surface area (Å²) >= 11 is 12.7. The third-order valence-corrected chi connectivity index (χ3v) is 6.53. The third-order valence-electron chi connectivity index (χ3n) is 5.99. The van der Waals surface area contributed by atoms with Gasteiger partial charge in [0.05, 0.1) is 16.8 Å². The van der Waals surface area contributed by atoms with Crippen LogP contribution in [0.15, 0.2) is 47.6 Å². The molecular weight excluding hydrogens is 615 g/mol. The molecule has 0 spiro atoms. The van der Waals surface area contributed by atoms with Crippen molar-refractivity contribution in [2.75, 3.05) is 18.1 Å². The number of amides is 1. The zero-order valence-corrected chi connectivity index (χ0v) is 22.5. The van der Waals surface area contributed by atoms with Crippen molar-refractivity contribution in [2.24, 2.45) is 11.0 Å². The summed E-state index contributed by atoms with van der Waals surface area (Å²) in [5.74, 6) is -0.199. The third kappa shape index (κ3) is 5.56. The topological polar surface area (TPSA) is 47.9 Å². The number of hydrogen-bond acceptors (Lipinski definition) is 4. The van der Waals surface area contributed by atoms with E-state index >= 15 is 0 Å². The van der Waals surface area contributed by atoms with Crippen LogP contribution in [0.1, 0.15) is 50.6 Å². The Kier molecular flexibility index (Phi) is 9.19. The maximum Gasteiger partial charge on any atom is 0.282 e. The van der Waals surface area contributed by atoms with E-state index in [0.29, 0.717) is 15.8 Å². The molecule has 1 N–H and O–H groups in total. The average Bonchev–Trinajstić information content (AvgIpc) is 2.96. The maximum absolute atomic E-state index is 13.3. The van der Waals surface area contributed by atoms with Crippen LogP contribution in [-0.2, 0) is 25.9 Å². The van der Waals surface area contributed by atoms with E-state index in [1.54, 1.807) is 12.1 Å². The summed E-state index contributed by atoms with van der Waals surface area (Å²) in [6.07, 6.45) is 5.39. The van der Waals surface area contributed by atoms with E-state index in [4.69, 9.17) is 28.3 Å². The Labute approximate surface area is 214 Å². The number of hydrogen-bond donors (Lipinski definition) is 1. The monoisotopic (exact) mass is 641 g/mol. The Morgan fingerprint density at radius 3 is 2.44 bits per heavy atom. The maximum atomic E-state index is 13.3. The van der Waals surface area contributed by atoms with Crippen LogP contribution in [-0.4, -0.2) is 29.7 Å². The smallest absolute Gasteiger partial charge is 0.282 e. The molecule has 2 aromatic rings. The Bertz CT molecular complexity index is 948. The molecule has 0 saturated carbocycles. The van der Waals surface area contributed by atoms with E-state index in [0.717, 1.165) is 43.6 Å². The van der Waals surface area contributed by atoms with Crippen molar-refractivity contribution in [1.29, 1.82) is 0 Å². The number of carbonyl (C=O) groups excluding carboxylic acids is 1. The predicted molar refractivity (Wildman–Crippen MR) is 126 cm³/mol. The van der Waals surface area contributed by atoms with E-state index < -0.39 is 0 Å². The zero-order valence-electron chi connectivity index (χ0n) is 18.1. The SMILES string of the molecule is CCC1C(C(=O)NN2CCCCCC2)=NN(c2ccc(Cl)cc2Cl)C1c1cc[c-]cc1.[W]. The van der Waals surface area contributed by atoms with Gasteiger partial charge in [0.25, 0.3) is 5.91 Å². The molecule has 0 aliphatic carbocycles. The fourth-order valence-electron chi connectivity index (χ4n) is 4.43. The standard InChI is InChI=1S/C24H27Cl2N4O.W/c1-2-19-22(24(31)28-29-14-8-3-4-9-15-29)27-30(21-13-12-18(25)16-20(21)26)23(19)17-10-6-5-7-11-17;/h6-7,10-13,16,19,23H,2-4,8-9,14-15H2,1H3,(H,28,31);/q-1;. The van der Waals surface area contributed by atoms with E-state index in [9.17, 15) is 4.79 Å². The van der Waals surface area contributed by atoms with Gasteiger partial charge in [-0.25, -0.2) is 5.01 Å². The molecule has 4 rings (SSSR count). The zero-order chi connectivity index (χ0) is 21.8. The van der Waals surface area contributed by atoms with E-state index in [1.165, 1.54) is 12.8 Å². The van der Waals surface area contributed by atoms with E-state index in [1.807, 2.05) is 40.3 Å². The van der Waals surface area contributed by atoms with Crippen molar-refractivity contribution in [2.45, 2.75) is 45.1 Å². The van der Waals surface area contributed by atoms with Crippen molar-refractivity contribution < 1.29 is 25.9 Å². The van der Waals surface area contributed by atoms with Gasteiger partial charge < -0.3 is 0 Å². The molecule has 2 heterocycles. The minimum absolute atomic E-state index is 0. The molecule has 2 aromatic carbocycles. The fourth-order valence-corrected chi connectivity index (χ4v) is 4.92. The number of carbonyl (C=O) groups is 1. The summed E-state index contributed by atoms with van der Waals surface area (Å²) in [6.45, 7) is 3.84. The first-order valence-corrected chi connectivity index (χ1v) is 11.7. The van der Waals surface area contributed by atoms with Crippen LogP contribution in [0.25, 0.3) is 0 Å². The second kappa shape index (κ2) is 11.6. The first-order valence-electron chi connectivity index (χ1n) is 10.9. The van der Waals surface area contributed by atoms with Crippen LogP contribution >= 0.6 is 23.2 Å². The van der Waals surface area contributed by atoms with Crippen LogP contribution in [0, 0.1) is 12.0 Å². The van der Waals surface area contributed by atoms with E-state index in [-0.39, 0.29) is 38.9 Å². The van der Waals surface area contributed by atoms with Gasteiger partial charge >= 0.3 is 0 Å². The van der Waals surface area contributed by atoms with Crippen molar-refractivity contribution in [3.63, 3.8) is 0 Å². The van der Waals surface area contributed by atoms with Gasteiger partial charge in [-0.3, -0.25) is 15.2 Å². The largest absolute Gasteiger partial charge is 0.284 e. The van der Waals surface area contributed by atoms with Gasteiger partial charge in [-0.15, -0.1) is 5.56 Å². The van der Waals surface area contributed by atoms with Crippen molar-refractivity contribution >= 4 is 40.5 Å². The van der Waals surface area contributed by atoms with Gasteiger partial charge in [-0.2, -0.15) is 35.4 Å². The van der Waals surface area contributed by atoms with Gasteiger partial charge in [-0.1, -0.05) is 43.0 Å². The van der Waals surface area contributed by atoms with Gasteiger partial charge in [-0.05, 0) is 37.5 Å². The molecule has 2 atom stereocenters. The molecule has 1 amide bonds. The quantitative estimate of drug-likeness (QED) is 0.430. The Hall–Kier alpha value is -1.39. The summed E-state index contributed by atoms with van der Waals surface area (Å²) in [4.78, 5) is 13.3. The molecule has 2 unspecified atom stereocenters. The van der Waals surface area contributed by atoms with Crippen LogP contribution in [0.5, 0.6) is 0 Å². The first kappa shape index (κ1) is 25.2. The van der Waals surface area contributed by atoms with Crippen LogP contribution in [0.4, 0.5) is 5.69 Å². The molecule has 1 saturated heterocycles. The molecule has 2 aliphatic heterocycles. The van der Waals surface area contributed by atoms with Crippen molar-refractivity contribution in [3.05, 3.63) is 64.1 Å². The normalized spacial score (nSPS) is 21.5. The molecule has 170 valence electrons. The van der Waals surface area contributed by atoms with Gasteiger partial charge in [0.15, 0.2) is 0 Å². The number of nitrogens with zero attached hydrogens (tertiary/aromatic N) is 3. The molecular formula is C24H27Cl2N4OW-. The van der Waals surface area contributed by atoms with Gasteiger partial charge in [0.1, 0.15) is 5.71 Å². The van der Waals surface area contributed by atoms with Crippen molar-refractivity contribution in [3.8, 4) is 0 Å². The number of benzene rings is 2. The summed E-state index contributed by atoms with van der Waals surface area (Å²) in [6, 6.07) is 16.1. The molecule has 0 radical (unpaired) electrons. The molecule has 5 nitrogen and oxygen atoms in total. The predicted octanol–water partition coefficient (Wildman–Crippen LogP) is 5.64. The summed E-state index contributed by atoms with van der Waals surface area (Å²) < 4.78 is 0. The Morgan fingerprint density at radius 2 is 1.81 bits per heavy atom. The number of nitrogens with one attached hydrogen (secondary N) is 1. The Morgan fingerprint density at radius 1 is 1.12 bits per heavy atom. The summed E-state index contributed by atoms with van der Waals surface area (Å²) in [5, 5.41) is 9.80. The summed E-state index contributed by atoms with van der Waals surface area (Å²) in [7, 11) is 0. The summed E-state index contributed by atoms with van der Waals surface area (Å²) in [5.41, 5.74) is 5.45. The average molecular weight is 642 g/mol. The molecule has 0 bridgehead atoms. The number of hydrazine groups is 1. The molecule has 1 fully saturated rings. The minimum Gasteiger partial charge on any atom is -0.284 e. The molecule has 8 heteroatoms. The van der Waals surface area contributed by atoms with Crippen molar-refractivity contribution in [1.82, 2.24) is 10.4 Å². The number of hydrazone groups is 1. The van der Waals surface area contributed by atoms with Crippen LogP contribution < -0.4 is 10.4 Å². The van der Waals surface area contributed by atoms with Gasteiger partial charge in [0, 0.05) is 45.1 Å². The number of rotatable bonds is 5. The Balaban J connectivity index is 0.00000289. The second-order valence-electron chi connectivity index (χ2n) is 8.06. The molecule has 2 aliphatic rings. The van der Waals surface area contributed by atoms with Crippen LogP contribution in [0.3, 0.4) is 0 Å². The van der Waals surface area contributed by atoms with E-state index in [2.05, 4.69) is 18.4 Å². The van der Waals surface area contributed by atoms with Gasteiger partial charge in [0.2, 0.25) is 0 Å². The fraction of sp³-hybridized carbons (Fsp3) is 0.417.